The molecule has 10 heavy (non-hydrogen) atoms. The molecular weight excluding hydrogens is 515 g/mol. The summed E-state index contributed by atoms with van der Waals surface area (Å²) >= 11 is 0. The summed E-state index contributed by atoms with van der Waals surface area (Å²) in [6, 6.07) is 0. The summed E-state index contributed by atoms with van der Waals surface area (Å²) in [5.41, 5.74) is 0. The monoisotopic (exact) mass is 517 g/mol. The zero-order chi connectivity index (χ0) is 5.70. The minimum Gasteiger partial charge on any atom is -0.791 e. The SMILES string of the molecule is [CH]C(=O)[CH-]O[C-]=O.[V].[W].[W]. The van der Waals surface area contributed by atoms with Crippen LogP contribution in [0.25, 0.3) is 0 Å². The number of carbonyl (C=O) groups is 1. The van der Waals surface area contributed by atoms with Crippen LogP contribution in [0.5, 0.6) is 0 Å². The Balaban J connectivity index is -0.0000000600. The molecule has 0 aliphatic rings. The van der Waals surface area contributed by atoms with E-state index in [0.29, 0.717) is 6.61 Å². The third-order valence-electron chi connectivity index (χ3n) is 0.223. The van der Waals surface area contributed by atoms with Gasteiger partial charge in [0.25, 0.3) is 0 Å². The predicted molar refractivity (Wildman–Crippen MR) is 20.4 cm³/mol. The molecule has 3 radical (unpaired) electrons. The van der Waals surface area contributed by atoms with E-state index in [9.17, 15) is 4.79 Å². The fourth-order valence-corrected chi connectivity index (χ4v) is 0.0821. The second-order valence-corrected chi connectivity index (χ2v) is 0.721. The summed E-state index contributed by atoms with van der Waals surface area (Å²) < 4.78 is 3.69. The van der Waals surface area contributed by atoms with Crippen LogP contribution in [0.4, 0.5) is 0 Å². The molecule has 0 aromatic rings. The molecule has 0 saturated carbocycles. The minimum absolute atomic E-state index is 0. The Morgan fingerprint density at radius 3 is 2.00 bits per heavy atom. The van der Waals surface area contributed by atoms with E-state index in [1.807, 2.05) is 0 Å². The Labute approximate surface area is 100 Å². The van der Waals surface area contributed by atoms with Gasteiger partial charge in [-0.2, -0.15) is 0 Å². The van der Waals surface area contributed by atoms with Gasteiger partial charge < -0.3 is 14.3 Å². The van der Waals surface area contributed by atoms with Crippen LogP contribution in [0.15, 0.2) is 0 Å². The molecule has 3 nitrogen and oxygen atoms in total. The first-order chi connectivity index (χ1) is 3.27. The van der Waals surface area contributed by atoms with E-state index >= 15 is 0 Å². The second kappa shape index (κ2) is 16.5. The Kier molecular flexibility index (Phi) is 37.1. The minimum atomic E-state index is -0.802. The Morgan fingerprint density at radius 1 is 1.50 bits per heavy atom. The number of ether oxygens (including phenoxy) is 1. The van der Waals surface area contributed by atoms with Gasteiger partial charge in [-0.05, 0) is 0 Å². The first-order valence-corrected chi connectivity index (χ1v) is 1.43. The van der Waals surface area contributed by atoms with Crippen molar-refractivity contribution in [1.82, 2.24) is 0 Å². The molecule has 0 saturated heterocycles. The Morgan fingerprint density at radius 2 is 1.90 bits per heavy atom. The van der Waals surface area contributed by atoms with Crippen LogP contribution in [-0.2, 0) is 75.0 Å². The summed E-state index contributed by atoms with van der Waals surface area (Å²) in [7, 11) is 0. The number of rotatable bonds is 3. The fraction of sp³-hybridized carbons (Fsp3) is 0. The summed E-state index contributed by atoms with van der Waals surface area (Å²) in [5, 5.41) is 0. The molecule has 6 heteroatoms. The van der Waals surface area contributed by atoms with Crippen LogP contribution < -0.4 is 0 Å². The van der Waals surface area contributed by atoms with E-state index in [0.717, 1.165) is 6.47 Å². The summed E-state index contributed by atoms with van der Waals surface area (Å²) in [6.45, 7) is 6.04. The fourth-order valence-electron chi connectivity index (χ4n) is 0.0821. The average Bonchev–Trinajstić information content (AvgIpc) is 1.61. The van der Waals surface area contributed by atoms with Crippen molar-refractivity contribution in [2.24, 2.45) is 0 Å². The maximum atomic E-state index is 9.62. The second-order valence-electron chi connectivity index (χ2n) is 0.721. The summed E-state index contributed by atoms with van der Waals surface area (Å²) in [5.74, 6) is -0.802. The molecular formula is C4H2O3VW2-2. The number of hydrogen-bond donors (Lipinski definition) is 0. The molecule has 0 rings (SSSR count). The number of carbonyl (C=O) groups excluding carboxylic acids is 2. The molecule has 0 heterocycles. The number of ketones is 1. The van der Waals surface area contributed by atoms with Crippen molar-refractivity contribution < 1.29 is 75.0 Å². The van der Waals surface area contributed by atoms with Crippen molar-refractivity contribution in [3.05, 3.63) is 13.5 Å². The topological polar surface area (TPSA) is 43.4 Å². The quantitative estimate of drug-likeness (QED) is 0.476. The van der Waals surface area contributed by atoms with Gasteiger partial charge in [0.1, 0.15) is 0 Å². The molecule has 0 bridgehead atoms. The predicted octanol–water partition coefficient (Wildman–Crippen LogP) is -0.495. The van der Waals surface area contributed by atoms with E-state index in [-0.39, 0.29) is 60.7 Å². The first-order valence-electron chi connectivity index (χ1n) is 1.43. The van der Waals surface area contributed by atoms with Crippen molar-refractivity contribution in [2.45, 2.75) is 0 Å². The van der Waals surface area contributed by atoms with Gasteiger partial charge >= 0.3 is 0 Å². The maximum absolute atomic E-state index is 9.62. The van der Waals surface area contributed by atoms with Crippen molar-refractivity contribution in [1.29, 1.82) is 0 Å². The van der Waals surface area contributed by atoms with Gasteiger partial charge in [0, 0.05) is 73.4 Å². The average molecular weight is 517 g/mol. The van der Waals surface area contributed by atoms with Gasteiger partial charge in [-0.25, -0.2) is 6.61 Å². The van der Waals surface area contributed by atoms with Gasteiger partial charge in [-0.15, -0.1) is 6.47 Å². The van der Waals surface area contributed by atoms with Gasteiger partial charge in [0.05, 0.1) is 0 Å². The van der Waals surface area contributed by atoms with Crippen LogP contribution >= 0.6 is 0 Å². The molecule has 0 aliphatic carbocycles. The molecule has 0 aromatic carbocycles. The molecule has 0 N–H and O–H groups in total. The van der Waals surface area contributed by atoms with E-state index in [1.54, 1.807) is 0 Å². The van der Waals surface area contributed by atoms with Crippen LogP contribution in [0.1, 0.15) is 0 Å². The van der Waals surface area contributed by atoms with E-state index in [1.165, 1.54) is 0 Å². The van der Waals surface area contributed by atoms with E-state index < -0.39 is 5.78 Å². The number of Topliss-reactive ketones (excluding diaryl/α,β-unsaturated/α-hetero) is 1. The third-order valence-corrected chi connectivity index (χ3v) is 0.223. The van der Waals surface area contributed by atoms with Crippen molar-refractivity contribution in [2.75, 3.05) is 0 Å². The first kappa shape index (κ1) is 22.4. The Bertz CT molecular complexity index is 88.6. The van der Waals surface area contributed by atoms with Gasteiger partial charge in [-0.1, -0.05) is 0 Å². The molecule has 0 amide bonds. The van der Waals surface area contributed by atoms with Crippen molar-refractivity contribution in [3.8, 4) is 0 Å². The zero-order valence-corrected chi connectivity index (χ0v) is 11.9. The zero-order valence-electron chi connectivity index (χ0n) is 4.64. The smallest absolute Gasteiger partial charge is 0.0340 e. The molecule has 0 atom stereocenters. The Hall–Kier alpha value is 0.971. The summed E-state index contributed by atoms with van der Waals surface area (Å²) in [6.07, 6.45) is 0. The van der Waals surface area contributed by atoms with Crippen molar-refractivity contribution in [3.63, 3.8) is 0 Å². The van der Waals surface area contributed by atoms with Crippen LogP contribution in [0.3, 0.4) is 0 Å². The number of hydrogen-bond acceptors (Lipinski definition) is 3. The van der Waals surface area contributed by atoms with Crippen LogP contribution in [0.2, 0.25) is 0 Å². The molecule has 0 aliphatic heterocycles. The van der Waals surface area contributed by atoms with Crippen molar-refractivity contribution >= 4 is 12.3 Å². The molecule has 55 valence electrons. The standard InChI is InChI=1S/C4H2O3.V.2W/c1-4(6)2-7-3-5;;;/h1-2H;;;/q-2;;;. The maximum Gasteiger partial charge on any atom is 0.0340 e. The molecule has 0 unspecified atom stereocenters. The summed E-state index contributed by atoms with van der Waals surface area (Å²) in [4.78, 5) is 18.7. The molecule has 0 aromatic heterocycles. The van der Waals surface area contributed by atoms with Gasteiger partial charge in [0.15, 0.2) is 0 Å². The largest absolute Gasteiger partial charge is 0.791 e. The molecule has 0 fully saturated rings. The van der Waals surface area contributed by atoms with E-state index in [4.69, 9.17) is 4.79 Å². The van der Waals surface area contributed by atoms with E-state index in [2.05, 4.69) is 11.7 Å². The molecule has 0 spiro atoms. The van der Waals surface area contributed by atoms with Crippen LogP contribution in [0, 0.1) is 13.5 Å². The van der Waals surface area contributed by atoms with Gasteiger partial charge in [0.2, 0.25) is 0 Å². The van der Waals surface area contributed by atoms with Gasteiger partial charge in [-0.3, -0.25) is 0 Å². The van der Waals surface area contributed by atoms with Crippen LogP contribution in [-0.4, -0.2) is 12.3 Å². The third kappa shape index (κ3) is 23.1. The normalized spacial score (nSPS) is 4.90.